The number of aromatic nitrogens is 1. The molecule has 1 aromatic heterocycles. The number of carbonyl (C=O) groups excluding carboxylic acids is 2. The van der Waals surface area contributed by atoms with Crippen LogP contribution in [0.1, 0.15) is 90.8 Å². The third-order valence-electron chi connectivity index (χ3n) is 8.02. The lowest BCUT2D eigenvalue weighted by atomic mass is 9.70. The molecule has 198 valence electrons. The van der Waals surface area contributed by atoms with Crippen LogP contribution in [0.5, 0.6) is 0 Å². The molecule has 0 saturated carbocycles. The van der Waals surface area contributed by atoms with Gasteiger partial charge in [0.2, 0.25) is 0 Å². The van der Waals surface area contributed by atoms with Crippen LogP contribution >= 0.6 is 11.3 Å². The number of hydrogen-bond acceptors (Lipinski definition) is 8. The lowest BCUT2D eigenvalue weighted by Crippen LogP contribution is -2.39. The summed E-state index contributed by atoms with van der Waals surface area (Å²) in [4.78, 5) is 30.9. The van der Waals surface area contributed by atoms with E-state index in [0.717, 1.165) is 35.5 Å². The average Bonchev–Trinajstić information content (AvgIpc) is 3.08. The summed E-state index contributed by atoms with van der Waals surface area (Å²) in [6.07, 6.45) is 4.14. The molecule has 2 fully saturated rings. The van der Waals surface area contributed by atoms with Crippen LogP contribution in [-0.4, -0.2) is 39.3 Å². The molecule has 1 aromatic rings. The summed E-state index contributed by atoms with van der Waals surface area (Å²) in [6, 6.07) is 2.19. The predicted molar refractivity (Wildman–Crippen MR) is 139 cm³/mol. The maximum absolute atomic E-state index is 13.3. The number of hydrogen-bond donors (Lipinski definition) is 1. The molecule has 2 saturated heterocycles. The normalized spacial score (nSPS) is 36.5. The van der Waals surface area contributed by atoms with Gasteiger partial charge in [0.1, 0.15) is 17.5 Å². The fourth-order valence-electron chi connectivity index (χ4n) is 5.43. The first-order valence-corrected chi connectivity index (χ1v) is 13.7. The van der Waals surface area contributed by atoms with Crippen LogP contribution in [0, 0.1) is 41.4 Å². The Hall–Kier alpha value is -2.08. The Kier molecular flexibility index (Phi) is 8.49. The van der Waals surface area contributed by atoms with Gasteiger partial charge in [-0.15, -0.1) is 11.3 Å². The molecule has 2 aliphatic heterocycles. The van der Waals surface area contributed by atoms with Gasteiger partial charge in [0.15, 0.2) is 5.79 Å². The molecule has 7 nitrogen and oxygen atoms in total. The first kappa shape index (κ1) is 28.5. The van der Waals surface area contributed by atoms with Gasteiger partial charge in [-0.3, -0.25) is 9.59 Å². The maximum atomic E-state index is 13.3. The van der Waals surface area contributed by atoms with Crippen molar-refractivity contribution in [3.8, 4) is 6.07 Å². The van der Waals surface area contributed by atoms with Gasteiger partial charge >= 0.3 is 5.97 Å². The smallest absolute Gasteiger partial charge is 0.307 e. The zero-order valence-electron chi connectivity index (χ0n) is 22.6. The fourth-order valence-corrected chi connectivity index (χ4v) is 6.00. The number of esters is 1. The van der Waals surface area contributed by atoms with E-state index in [9.17, 15) is 20.0 Å². The van der Waals surface area contributed by atoms with Gasteiger partial charge < -0.3 is 14.6 Å². The van der Waals surface area contributed by atoms with Crippen LogP contribution < -0.4 is 0 Å². The van der Waals surface area contributed by atoms with Crippen LogP contribution in [0.25, 0.3) is 6.08 Å². The van der Waals surface area contributed by atoms with Crippen molar-refractivity contribution >= 4 is 29.2 Å². The van der Waals surface area contributed by atoms with Gasteiger partial charge in [-0.1, -0.05) is 40.5 Å². The average molecular weight is 517 g/mol. The number of rotatable bonds is 2. The Balaban J connectivity index is 1.92. The quantitative estimate of drug-likeness (QED) is 0.402. The molecule has 8 heteroatoms. The highest BCUT2D eigenvalue weighted by molar-refractivity contribution is 7.09. The number of thiazole rings is 1. The number of nitriles is 1. The number of nitrogens with zero attached hydrogens (tertiary/aromatic N) is 2. The number of epoxide rings is 1. The molecule has 2 aliphatic rings. The molecule has 0 aromatic carbocycles. The maximum Gasteiger partial charge on any atom is 0.307 e. The fraction of sp³-hybridized carbons (Fsp3) is 0.714. The van der Waals surface area contributed by atoms with Crippen LogP contribution in [0.2, 0.25) is 0 Å². The van der Waals surface area contributed by atoms with Crippen LogP contribution in [-0.2, 0) is 19.1 Å². The second-order valence-corrected chi connectivity index (χ2v) is 12.6. The van der Waals surface area contributed by atoms with Gasteiger partial charge in [0.05, 0.1) is 29.1 Å². The second-order valence-electron chi connectivity index (χ2n) is 11.6. The lowest BCUT2D eigenvalue weighted by Gasteiger charge is -2.32. The van der Waals surface area contributed by atoms with Crippen molar-refractivity contribution < 1.29 is 24.2 Å². The van der Waals surface area contributed by atoms with Gasteiger partial charge in [0, 0.05) is 23.1 Å². The number of aryl methyl sites for hydroxylation is 1. The summed E-state index contributed by atoms with van der Waals surface area (Å²) in [5.74, 6) is -2.71. The summed E-state index contributed by atoms with van der Waals surface area (Å²) in [5.41, 5.74) is -0.218. The Morgan fingerprint density at radius 3 is 2.61 bits per heavy atom. The Morgan fingerprint density at radius 1 is 1.31 bits per heavy atom. The Bertz CT molecular complexity index is 1060. The molecule has 3 heterocycles. The van der Waals surface area contributed by atoms with E-state index in [-0.39, 0.29) is 24.5 Å². The SMILES string of the molecule is CC(=Cc1csc(C)n1)C1CC2(O)OC2(C)CCCC(C)CC(C)C(=O)C(C)(C)C(C#N)CC(=O)O1. The second kappa shape index (κ2) is 10.7. The molecule has 36 heavy (non-hydrogen) atoms. The van der Waals surface area contributed by atoms with Gasteiger partial charge in [-0.25, -0.2) is 4.98 Å². The van der Waals surface area contributed by atoms with E-state index in [1.165, 1.54) is 11.3 Å². The molecule has 6 atom stereocenters. The minimum Gasteiger partial charge on any atom is -0.458 e. The topological polar surface area (TPSA) is 113 Å². The first-order valence-electron chi connectivity index (χ1n) is 12.9. The number of ketones is 1. The third kappa shape index (κ3) is 6.24. The molecule has 0 spiro atoms. The van der Waals surface area contributed by atoms with E-state index in [2.05, 4.69) is 18.0 Å². The van der Waals surface area contributed by atoms with Crippen molar-refractivity contribution in [2.45, 2.75) is 104 Å². The standard InChI is InChI=1S/C28H40N2O5S/c1-17-9-8-10-27(7)28(33,35-27)14-23(18(2)12-22-16-36-20(4)30-22)34-24(31)13-21(15-29)26(5,6)25(32)19(3)11-17/h12,16-17,19,21,23,33H,8-11,13-14H2,1-7H3. The van der Waals surface area contributed by atoms with Crippen molar-refractivity contribution in [1.29, 1.82) is 5.26 Å². The summed E-state index contributed by atoms with van der Waals surface area (Å²) in [6.45, 7) is 13.2. The largest absolute Gasteiger partial charge is 0.458 e. The molecular formula is C28H40N2O5S. The Morgan fingerprint density at radius 2 is 2.00 bits per heavy atom. The van der Waals surface area contributed by atoms with E-state index >= 15 is 0 Å². The van der Waals surface area contributed by atoms with Crippen molar-refractivity contribution in [3.63, 3.8) is 0 Å². The van der Waals surface area contributed by atoms with Crippen molar-refractivity contribution in [2.24, 2.45) is 23.2 Å². The number of fused-ring (bicyclic) bond motifs is 1. The molecule has 6 unspecified atom stereocenters. The van der Waals surface area contributed by atoms with E-state index < -0.39 is 34.8 Å². The van der Waals surface area contributed by atoms with Crippen LogP contribution in [0.15, 0.2) is 11.0 Å². The Labute approximate surface area is 218 Å². The van der Waals surface area contributed by atoms with Crippen molar-refractivity contribution in [2.75, 3.05) is 0 Å². The highest BCUT2D eigenvalue weighted by Crippen LogP contribution is 2.53. The summed E-state index contributed by atoms with van der Waals surface area (Å²) < 4.78 is 11.7. The molecule has 0 amide bonds. The molecule has 1 N–H and O–H groups in total. The lowest BCUT2D eigenvalue weighted by molar-refractivity contribution is -0.152. The van der Waals surface area contributed by atoms with Crippen LogP contribution in [0.3, 0.4) is 0 Å². The van der Waals surface area contributed by atoms with Gasteiger partial charge in [-0.05, 0) is 51.2 Å². The predicted octanol–water partition coefficient (Wildman–Crippen LogP) is 5.61. The van der Waals surface area contributed by atoms with E-state index in [4.69, 9.17) is 9.47 Å². The number of cyclic esters (lactones) is 1. The summed E-state index contributed by atoms with van der Waals surface area (Å²) >= 11 is 1.53. The molecule has 0 radical (unpaired) electrons. The highest BCUT2D eigenvalue weighted by Gasteiger charge is 2.66. The van der Waals surface area contributed by atoms with E-state index in [1.54, 1.807) is 13.8 Å². The summed E-state index contributed by atoms with van der Waals surface area (Å²) in [5, 5.41) is 24.0. The van der Waals surface area contributed by atoms with Crippen LogP contribution in [0.4, 0.5) is 0 Å². The van der Waals surface area contributed by atoms with Gasteiger partial charge in [0.25, 0.3) is 0 Å². The van der Waals surface area contributed by atoms with Crippen molar-refractivity contribution in [1.82, 2.24) is 4.98 Å². The highest BCUT2D eigenvalue weighted by atomic mass is 32.1. The minimum absolute atomic E-state index is 0.000754. The minimum atomic E-state index is -1.40. The van der Waals surface area contributed by atoms with E-state index in [1.807, 2.05) is 39.2 Å². The van der Waals surface area contributed by atoms with Crippen molar-refractivity contribution in [3.05, 3.63) is 21.7 Å². The number of Topliss-reactive ketones (excluding diaryl/α,β-unsaturated/α-hetero) is 1. The zero-order valence-corrected chi connectivity index (χ0v) is 23.4. The zero-order chi connectivity index (χ0) is 26.9. The third-order valence-corrected chi connectivity index (χ3v) is 8.81. The number of ether oxygens (including phenoxy) is 2. The first-order chi connectivity index (χ1) is 16.7. The number of carbonyl (C=O) groups is 2. The molecule has 0 aliphatic carbocycles. The van der Waals surface area contributed by atoms with E-state index in [0.29, 0.717) is 12.3 Å². The monoisotopic (exact) mass is 516 g/mol. The number of aliphatic hydroxyl groups is 1. The summed E-state index contributed by atoms with van der Waals surface area (Å²) in [7, 11) is 0. The molecule has 3 rings (SSSR count). The van der Waals surface area contributed by atoms with Gasteiger partial charge in [-0.2, -0.15) is 5.26 Å². The molecular weight excluding hydrogens is 476 g/mol. The molecule has 0 bridgehead atoms.